The highest BCUT2D eigenvalue weighted by molar-refractivity contribution is 5.74. The van der Waals surface area contributed by atoms with E-state index in [1.54, 1.807) is 0 Å². The van der Waals surface area contributed by atoms with Crippen molar-refractivity contribution in [3.63, 3.8) is 0 Å². The van der Waals surface area contributed by atoms with Crippen molar-refractivity contribution < 1.29 is 9.32 Å². The lowest BCUT2D eigenvalue weighted by Gasteiger charge is -2.30. The monoisotopic (exact) mass is 319 g/mol. The lowest BCUT2D eigenvalue weighted by atomic mass is 9.84. The van der Waals surface area contributed by atoms with Gasteiger partial charge in [0.15, 0.2) is 0 Å². The third-order valence-electron chi connectivity index (χ3n) is 5.57. The number of amides is 2. The van der Waals surface area contributed by atoms with Crippen LogP contribution in [0.25, 0.3) is 0 Å². The lowest BCUT2D eigenvalue weighted by Crippen LogP contribution is -2.43. The van der Waals surface area contributed by atoms with Gasteiger partial charge in [0.25, 0.3) is 0 Å². The Labute approximate surface area is 138 Å². The molecule has 1 N–H and O–H groups in total. The second kappa shape index (κ2) is 7.37. The maximum atomic E-state index is 12.6. The van der Waals surface area contributed by atoms with Crippen molar-refractivity contribution in [2.75, 3.05) is 6.54 Å². The standard InChI is InChI=1S/C18H29N3O2/c1-13-17(14(2)23-20-13)12-19-18(22)21-10-6-9-16(21)11-15-7-4-3-5-8-15/h15-16H,3-12H2,1-2H3,(H,19,22)/t16-/m1/s1. The number of carbonyl (C=O) groups is 1. The molecule has 1 aromatic heterocycles. The van der Waals surface area contributed by atoms with Crippen LogP contribution in [0.15, 0.2) is 4.52 Å². The summed E-state index contributed by atoms with van der Waals surface area (Å²) >= 11 is 0. The van der Waals surface area contributed by atoms with E-state index < -0.39 is 0 Å². The second-order valence-electron chi connectivity index (χ2n) is 7.19. The normalized spacial score (nSPS) is 22.5. The van der Waals surface area contributed by atoms with Crippen molar-refractivity contribution in [2.24, 2.45) is 5.92 Å². The molecule has 0 bridgehead atoms. The Hall–Kier alpha value is -1.52. The molecule has 1 aliphatic carbocycles. The highest BCUT2D eigenvalue weighted by Gasteiger charge is 2.31. The summed E-state index contributed by atoms with van der Waals surface area (Å²) in [4.78, 5) is 14.6. The first-order valence-corrected chi connectivity index (χ1v) is 9.11. The molecule has 5 nitrogen and oxygen atoms in total. The van der Waals surface area contributed by atoms with Crippen molar-refractivity contribution in [3.05, 3.63) is 17.0 Å². The molecule has 2 heterocycles. The van der Waals surface area contributed by atoms with E-state index >= 15 is 0 Å². The molecule has 2 aliphatic rings. The predicted octanol–water partition coefficient (Wildman–Crippen LogP) is 3.94. The third-order valence-corrected chi connectivity index (χ3v) is 5.57. The molecule has 0 radical (unpaired) electrons. The molecule has 128 valence electrons. The van der Waals surface area contributed by atoms with Crippen LogP contribution in [0.2, 0.25) is 0 Å². The quantitative estimate of drug-likeness (QED) is 0.914. The van der Waals surface area contributed by atoms with Gasteiger partial charge >= 0.3 is 6.03 Å². The van der Waals surface area contributed by atoms with E-state index in [-0.39, 0.29) is 6.03 Å². The molecule has 2 fully saturated rings. The first kappa shape index (κ1) is 16.3. The van der Waals surface area contributed by atoms with Crippen LogP contribution in [0, 0.1) is 19.8 Å². The van der Waals surface area contributed by atoms with Gasteiger partial charge in [-0.1, -0.05) is 37.3 Å². The molecular weight excluding hydrogens is 290 g/mol. The lowest BCUT2D eigenvalue weighted by molar-refractivity contribution is 0.177. The molecular formula is C18H29N3O2. The van der Waals surface area contributed by atoms with Crippen LogP contribution in [-0.4, -0.2) is 28.7 Å². The molecule has 0 aromatic carbocycles. The number of aromatic nitrogens is 1. The number of rotatable bonds is 4. The molecule has 1 aliphatic heterocycles. The summed E-state index contributed by atoms with van der Waals surface area (Å²) in [5.41, 5.74) is 1.87. The van der Waals surface area contributed by atoms with Crippen LogP contribution >= 0.6 is 0 Å². The van der Waals surface area contributed by atoms with Gasteiger partial charge in [-0.25, -0.2) is 4.79 Å². The summed E-state index contributed by atoms with van der Waals surface area (Å²) in [5, 5.41) is 7.01. The van der Waals surface area contributed by atoms with Gasteiger partial charge in [-0.05, 0) is 39.0 Å². The zero-order chi connectivity index (χ0) is 16.2. The van der Waals surface area contributed by atoms with Gasteiger partial charge in [-0.2, -0.15) is 0 Å². The zero-order valence-electron chi connectivity index (χ0n) is 14.4. The average molecular weight is 319 g/mol. The fraction of sp³-hybridized carbons (Fsp3) is 0.778. The minimum atomic E-state index is 0.0725. The number of aryl methyl sites for hydroxylation is 2. The van der Waals surface area contributed by atoms with E-state index in [0.717, 1.165) is 42.3 Å². The fourth-order valence-corrected chi connectivity index (χ4v) is 4.18. The number of nitrogens with one attached hydrogen (secondary N) is 1. The van der Waals surface area contributed by atoms with Gasteiger partial charge in [0, 0.05) is 24.7 Å². The number of carbonyl (C=O) groups excluding carboxylic acids is 1. The minimum Gasteiger partial charge on any atom is -0.361 e. The van der Waals surface area contributed by atoms with Crippen molar-refractivity contribution in [1.82, 2.24) is 15.4 Å². The molecule has 3 rings (SSSR count). The summed E-state index contributed by atoms with van der Waals surface area (Å²) in [6, 6.07) is 0.506. The first-order chi connectivity index (χ1) is 11.1. The Bertz CT molecular complexity index is 515. The van der Waals surface area contributed by atoms with E-state index in [2.05, 4.69) is 15.4 Å². The van der Waals surface area contributed by atoms with Gasteiger partial charge in [-0.3, -0.25) is 0 Å². The summed E-state index contributed by atoms with van der Waals surface area (Å²) < 4.78 is 5.16. The minimum absolute atomic E-state index is 0.0725. The van der Waals surface area contributed by atoms with Crippen molar-refractivity contribution in [1.29, 1.82) is 0 Å². The van der Waals surface area contributed by atoms with Crippen LogP contribution in [0.4, 0.5) is 4.79 Å². The van der Waals surface area contributed by atoms with Crippen LogP contribution in [0.1, 0.15) is 68.4 Å². The van der Waals surface area contributed by atoms with Gasteiger partial charge < -0.3 is 14.7 Å². The van der Waals surface area contributed by atoms with Gasteiger partial charge in [0.2, 0.25) is 0 Å². The summed E-state index contributed by atoms with van der Waals surface area (Å²) in [5.74, 6) is 1.62. The smallest absolute Gasteiger partial charge is 0.317 e. The molecule has 0 spiro atoms. The number of likely N-dealkylation sites (tertiary alicyclic amines) is 1. The zero-order valence-corrected chi connectivity index (χ0v) is 14.4. The highest BCUT2D eigenvalue weighted by Crippen LogP contribution is 2.32. The summed E-state index contributed by atoms with van der Waals surface area (Å²) in [6.07, 6.45) is 10.3. The largest absolute Gasteiger partial charge is 0.361 e. The maximum Gasteiger partial charge on any atom is 0.317 e. The molecule has 0 unspecified atom stereocenters. The highest BCUT2D eigenvalue weighted by atomic mass is 16.5. The second-order valence-corrected chi connectivity index (χ2v) is 7.19. The molecule has 1 aromatic rings. The summed E-state index contributed by atoms with van der Waals surface area (Å²) in [7, 11) is 0. The molecule has 2 amide bonds. The average Bonchev–Trinajstić information content (AvgIpc) is 3.14. The number of hydrogen-bond donors (Lipinski definition) is 1. The molecule has 1 atom stereocenters. The maximum absolute atomic E-state index is 12.6. The fourth-order valence-electron chi connectivity index (χ4n) is 4.18. The van der Waals surface area contributed by atoms with Gasteiger partial charge in [0.1, 0.15) is 5.76 Å². The van der Waals surface area contributed by atoms with Crippen molar-refractivity contribution in [3.8, 4) is 0 Å². The summed E-state index contributed by atoms with van der Waals surface area (Å²) in [6.45, 7) is 5.21. The van der Waals surface area contributed by atoms with E-state index in [4.69, 9.17) is 4.52 Å². The Morgan fingerprint density at radius 1 is 1.22 bits per heavy atom. The van der Waals surface area contributed by atoms with Crippen molar-refractivity contribution in [2.45, 2.75) is 77.8 Å². The molecule has 1 saturated carbocycles. The van der Waals surface area contributed by atoms with Crippen LogP contribution in [-0.2, 0) is 6.54 Å². The topological polar surface area (TPSA) is 58.4 Å². The Balaban J connectivity index is 1.53. The van der Waals surface area contributed by atoms with Gasteiger partial charge in [0.05, 0.1) is 5.69 Å². The molecule has 1 saturated heterocycles. The van der Waals surface area contributed by atoms with Crippen LogP contribution in [0.5, 0.6) is 0 Å². The van der Waals surface area contributed by atoms with Crippen LogP contribution < -0.4 is 5.32 Å². The third kappa shape index (κ3) is 3.88. The molecule has 5 heteroatoms. The van der Waals surface area contributed by atoms with E-state index in [9.17, 15) is 4.79 Å². The SMILES string of the molecule is Cc1noc(C)c1CNC(=O)N1CCC[C@@H]1CC1CCCCC1. The Morgan fingerprint density at radius 2 is 2.00 bits per heavy atom. The van der Waals surface area contributed by atoms with E-state index in [1.807, 2.05) is 13.8 Å². The number of hydrogen-bond acceptors (Lipinski definition) is 3. The number of urea groups is 1. The van der Waals surface area contributed by atoms with Crippen LogP contribution in [0.3, 0.4) is 0 Å². The Morgan fingerprint density at radius 3 is 2.70 bits per heavy atom. The first-order valence-electron chi connectivity index (χ1n) is 9.11. The Kier molecular flexibility index (Phi) is 5.23. The van der Waals surface area contributed by atoms with E-state index in [0.29, 0.717) is 12.6 Å². The van der Waals surface area contributed by atoms with E-state index in [1.165, 1.54) is 38.5 Å². The predicted molar refractivity (Wildman–Crippen MR) is 89.1 cm³/mol. The van der Waals surface area contributed by atoms with Crippen molar-refractivity contribution >= 4 is 6.03 Å². The number of nitrogens with zero attached hydrogens (tertiary/aromatic N) is 2. The molecule has 23 heavy (non-hydrogen) atoms. The van der Waals surface area contributed by atoms with Gasteiger partial charge in [-0.15, -0.1) is 0 Å².